The predicted octanol–water partition coefficient (Wildman–Crippen LogP) is 5.68. The Bertz CT molecular complexity index is 1450. The lowest BCUT2D eigenvalue weighted by atomic mass is 9.95. The minimum atomic E-state index is -1.13. The van der Waals surface area contributed by atoms with Gasteiger partial charge in [-0.2, -0.15) is 0 Å². The SMILES string of the molecule is CSc1ccc(/C=C/C(=O)N2CCC(C(=O)NC(Cc3cn(Cc4cccc(Cl)c4)cn3)C(=O)O)CC2)c(Cl)c1Cl. The lowest BCUT2D eigenvalue weighted by Crippen LogP contribution is -2.48. The Kier molecular flexibility index (Phi) is 10.8. The number of aromatic nitrogens is 2. The molecule has 1 aromatic heterocycles. The molecule has 0 aliphatic carbocycles. The normalized spacial score (nSPS) is 14.8. The number of likely N-dealkylation sites (tertiary alicyclic amines) is 1. The van der Waals surface area contributed by atoms with Crippen molar-refractivity contribution in [1.82, 2.24) is 19.8 Å². The molecular weight excluding hydrogens is 607 g/mol. The number of rotatable bonds is 10. The van der Waals surface area contributed by atoms with Crippen LogP contribution in [-0.4, -0.2) is 62.7 Å². The number of nitrogens with one attached hydrogen (secondary N) is 1. The molecule has 1 aliphatic rings. The molecular formula is C29H29Cl3N4O4S. The van der Waals surface area contributed by atoms with Gasteiger partial charge in [0.2, 0.25) is 11.8 Å². The van der Waals surface area contributed by atoms with Gasteiger partial charge in [0.05, 0.1) is 22.1 Å². The highest BCUT2D eigenvalue weighted by Gasteiger charge is 2.30. The molecule has 1 unspecified atom stereocenters. The van der Waals surface area contributed by atoms with Crippen LogP contribution in [0.4, 0.5) is 0 Å². The molecule has 1 atom stereocenters. The van der Waals surface area contributed by atoms with Crippen LogP contribution in [-0.2, 0) is 27.3 Å². The number of thioether (sulfide) groups is 1. The number of hydrogen-bond donors (Lipinski definition) is 2. The summed E-state index contributed by atoms with van der Waals surface area (Å²) in [6.45, 7) is 1.30. The van der Waals surface area contributed by atoms with Crippen LogP contribution >= 0.6 is 46.6 Å². The lowest BCUT2D eigenvalue weighted by molar-refractivity contribution is -0.142. The summed E-state index contributed by atoms with van der Waals surface area (Å²) in [6, 6.07) is 10.00. The fourth-order valence-electron chi connectivity index (χ4n) is 4.60. The van der Waals surface area contributed by atoms with Gasteiger partial charge in [-0.15, -0.1) is 11.8 Å². The van der Waals surface area contributed by atoms with Gasteiger partial charge in [-0.3, -0.25) is 9.59 Å². The number of carboxylic acid groups (broad SMARTS) is 1. The number of hydrogen-bond acceptors (Lipinski definition) is 5. The second kappa shape index (κ2) is 14.3. The fourth-order valence-corrected chi connectivity index (χ4v) is 5.99. The van der Waals surface area contributed by atoms with E-state index in [0.717, 1.165) is 10.5 Å². The molecule has 0 radical (unpaired) electrons. The van der Waals surface area contributed by atoms with Crippen molar-refractivity contribution in [3.63, 3.8) is 0 Å². The van der Waals surface area contributed by atoms with E-state index in [1.807, 2.05) is 41.2 Å². The molecule has 2 amide bonds. The third-order valence-electron chi connectivity index (χ3n) is 6.85. The van der Waals surface area contributed by atoms with Crippen LogP contribution in [0.15, 0.2) is 59.9 Å². The van der Waals surface area contributed by atoms with Crippen molar-refractivity contribution < 1.29 is 19.5 Å². The summed E-state index contributed by atoms with van der Waals surface area (Å²) in [6.07, 6.45) is 9.29. The summed E-state index contributed by atoms with van der Waals surface area (Å²) in [5.74, 6) is -2.06. The molecule has 1 fully saturated rings. The largest absolute Gasteiger partial charge is 0.480 e. The quantitative estimate of drug-likeness (QED) is 0.220. The lowest BCUT2D eigenvalue weighted by Gasteiger charge is -2.31. The molecule has 2 heterocycles. The number of piperidine rings is 1. The van der Waals surface area contributed by atoms with E-state index >= 15 is 0 Å². The Morgan fingerprint density at radius 1 is 1.15 bits per heavy atom. The van der Waals surface area contributed by atoms with Crippen molar-refractivity contribution in [2.45, 2.75) is 36.7 Å². The van der Waals surface area contributed by atoms with Gasteiger partial charge >= 0.3 is 5.97 Å². The number of carbonyl (C=O) groups is 3. The first-order chi connectivity index (χ1) is 19.6. The Hall–Kier alpha value is -2.98. The van der Waals surface area contributed by atoms with E-state index in [9.17, 15) is 19.5 Å². The molecule has 0 saturated carbocycles. The van der Waals surface area contributed by atoms with Gasteiger partial charge in [-0.25, -0.2) is 9.78 Å². The van der Waals surface area contributed by atoms with E-state index in [2.05, 4.69) is 10.3 Å². The maximum Gasteiger partial charge on any atom is 0.326 e. The average molecular weight is 636 g/mol. The van der Waals surface area contributed by atoms with Crippen molar-refractivity contribution in [3.8, 4) is 0 Å². The van der Waals surface area contributed by atoms with Gasteiger partial charge in [0.15, 0.2) is 0 Å². The summed E-state index contributed by atoms with van der Waals surface area (Å²) in [5, 5.41) is 13.9. The molecule has 41 heavy (non-hydrogen) atoms. The Morgan fingerprint density at radius 2 is 1.90 bits per heavy atom. The van der Waals surface area contributed by atoms with Crippen LogP contribution in [0.5, 0.6) is 0 Å². The van der Waals surface area contributed by atoms with Gasteiger partial charge in [0.25, 0.3) is 0 Å². The Morgan fingerprint density at radius 3 is 2.59 bits per heavy atom. The first kappa shape index (κ1) is 31.0. The number of carbonyl (C=O) groups excluding carboxylic acids is 2. The zero-order valence-electron chi connectivity index (χ0n) is 22.2. The van der Waals surface area contributed by atoms with E-state index in [4.69, 9.17) is 34.8 Å². The molecule has 216 valence electrons. The highest BCUT2D eigenvalue weighted by Crippen LogP contribution is 2.35. The zero-order valence-corrected chi connectivity index (χ0v) is 25.3. The molecule has 2 aromatic carbocycles. The van der Waals surface area contributed by atoms with Crippen molar-refractivity contribution in [1.29, 1.82) is 0 Å². The standard InChI is InChI=1S/C29H29Cl3N4O4S/c1-41-24-7-5-19(26(31)27(24)32)6-8-25(37)36-11-9-20(10-12-36)28(38)34-23(29(39)40)14-22-16-35(17-33-22)15-18-3-2-4-21(30)13-18/h2-8,13,16-17,20,23H,9-12,14-15H2,1H3,(H,34,38)(H,39,40)/b8-6+. The van der Waals surface area contributed by atoms with Gasteiger partial charge < -0.3 is 19.9 Å². The van der Waals surface area contributed by atoms with Gasteiger partial charge in [-0.05, 0) is 54.5 Å². The molecule has 1 aliphatic heterocycles. The van der Waals surface area contributed by atoms with E-state index in [0.29, 0.717) is 58.8 Å². The molecule has 0 spiro atoms. The Labute approximate surface area is 257 Å². The van der Waals surface area contributed by atoms with Crippen LogP contribution in [0.3, 0.4) is 0 Å². The summed E-state index contributed by atoms with van der Waals surface area (Å²) in [7, 11) is 0. The van der Waals surface area contributed by atoms with Crippen LogP contribution in [0.25, 0.3) is 6.08 Å². The molecule has 8 nitrogen and oxygen atoms in total. The minimum absolute atomic E-state index is 0.0518. The first-order valence-corrected chi connectivity index (χ1v) is 15.3. The summed E-state index contributed by atoms with van der Waals surface area (Å²) in [5.41, 5.74) is 2.19. The predicted molar refractivity (Wildman–Crippen MR) is 163 cm³/mol. The molecule has 0 bridgehead atoms. The van der Waals surface area contributed by atoms with Gasteiger partial charge in [-0.1, -0.05) is 53.0 Å². The highest BCUT2D eigenvalue weighted by molar-refractivity contribution is 7.98. The van der Waals surface area contributed by atoms with E-state index in [1.165, 1.54) is 17.8 Å². The van der Waals surface area contributed by atoms with Crippen LogP contribution < -0.4 is 5.32 Å². The zero-order chi connectivity index (χ0) is 29.5. The van der Waals surface area contributed by atoms with Crippen LogP contribution in [0, 0.1) is 5.92 Å². The van der Waals surface area contributed by atoms with E-state index < -0.39 is 17.9 Å². The maximum atomic E-state index is 12.9. The average Bonchev–Trinajstić information content (AvgIpc) is 3.39. The highest BCUT2D eigenvalue weighted by atomic mass is 35.5. The molecule has 3 aromatic rings. The number of nitrogens with zero attached hydrogens (tertiary/aromatic N) is 3. The van der Waals surface area contributed by atoms with Gasteiger partial charge in [0, 0.05) is 54.2 Å². The fraction of sp³-hybridized carbons (Fsp3) is 0.310. The minimum Gasteiger partial charge on any atom is -0.480 e. The van der Waals surface area contributed by atoms with E-state index in [-0.39, 0.29) is 18.2 Å². The summed E-state index contributed by atoms with van der Waals surface area (Å²) < 4.78 is 1.84. The number of imidazole rings is 1. The smallest absolute Gasteiger partial charge is 0.326 e. The topological polar surface area (TPSA) is 105 Å². The number of benzene rings is 2. The Balaban J connectivity index is 1.28. The summed E-state index contributed by atoms with van der Waals surface area (Å²) >= 11 is 20.2. The third kappa shape index (κ3) is 8.29. The van der Waals surface area contributed by atoms with Crippen molar-refractivity contribution in [2.75, 3.05) is 19.3 Å². The van der Waals surface area contributed by atoms with Crippen LogP contribution in [0.1, 0.15) is 29.7 Å². The second-order valence-electron chi connectivity index (χ2n) is 9.69. The first-order valence-electron chi connectivity index (χ1n) is 12.9. The molecule has 2 N–H and O–H groups in total. The number of carboxylic acids is 1. The maximum absolute atomic E-state index is 12.9. The number of aliphatic carboxylic acids is 1. The van der Waals surface area contributed by atoms with Crippen LogP contribution in [0.2, 0.25) is 15.1 Å². The molecule has 4 rings (SSSR count). The third-order valence-corrected chi connectivity index (χ3v) is 8.87. The summed E-state index contributed by atoms with van der Waals surface area (Å²) in [4.78, 5) is 44.4. The second-order valence-corrected chi connectivity index (χ2v) is 11.7. The monoisotopic (exact) mass is 634 g/mol. The van der Waals surface area contributed by atoms with Crippen molar-refractivity contribution in [2.24, 2.45) is 5.92 Å². The van der Waals surface area contributed by atoms with Crippen molar-refractivity contribution in [3.05, 3.63) is 86.9 Å². The van der Waals surface area contributed by atoms with Gasteiger partial charge in [0.1, 0.15) is 6.04 Å². The van der Waals surface area contributed by atoms with Crippen molar-refractivity contribution >= 4 is 70.4 Å². The number of halogens is 3. The van der Waals surface area contributed by atoms with E-state index in [1.54, 1.807) is 29.6 Å². The molecule has 12 heteroatoms. The molecule has 1 saturated heterocycles. The number of amides is 2.